The van der Waals surface area contributed by atoms with E-state index in [1.165, 1.54) is 24.1 Å². The van der Waals surface area contributed by atoms with Crippen molar-refractivity contribution in [2.75, 3.05) is 13.7 Å². The average molecular weight is 466 g/mol. The molecule has 1 unspecified atom stereocenters. The number of benzene rings is 3. The van der Waals surface area contributed by atoms with Gasteiger partial charge in [-0.15, -0.1) is 0 Å². The zero-order chi connectivity index (χ0) is 24.0. The van der Waals surface area contributed by atoms with Crippen molar-refractivity contribution in [3.8, 4) is 0 Å². The Morgan fingerprint density at radius 2 is 1.61 bits per heavy atom. The second kappa shape index (κ2) is 10.9. The SMILES string of the molecule is COC(=O)c1ccc(CN(CC(C)O)C(=O)c2ccc(Cl)cc2C(=O)c2ccccc2)cc1. The van der Waals surface area contributed by atoms with Gasteiger partial charge in [-0.1, -0.05) is 54.1 Å². The van der Waals surface area contributed by atoms with E-state index in [0.29, 0.717) is 16.1 Å². The Morgan fingerprint density at radius 1 is 0.939 bits per heavy atom. The van der Waals surface area contributed by atoms with Crippen LogP contribution in [-0.4, -0.2) is 47.4 Å². The number of methoxy groups -OCH3 is 1. The minimum absolute atomic E-state index is 0.0547. The van der Waals surface area contributed by atoms with Gasteiger partial charge in [-0.2, -0.15) is 0 Å². The highest BCUT2D eigenvalue weighted by Gasteiger charge is 2.24. The third kappa shape index (κ3) is 6.06. The van der Waals surface area contributed by atoms with Crippen LogP contribution >= 0.6 is 11.6 Å². The quantitative estimate of drug-likeness (QED) is 0.394. The summed E-state index contributed by atoms with van der Waals surface area (Å²) in [6.45, 7) is 1.81. The Balaban J connectivity index is 1.94. The number of halogens is 1. The van der Waals surface area contributed by atoms with Gasteiger partial charge in [0.05, 0.1) is 24.3 Å². The van der Waals surface area contributed by atoms with Gasteiger partial charge in [-0.25, -0.2) is 4.79 Å². The number of ether oxygens (including phenoxy) is 1. The van der Waals surface area contributed by atoms with E-state index in [2.05, 4.69) is 0 Å². The first kappa shape index (κ1) is 24.2. The van der Waals surface area contributed by atoms with Crippen molar-refractivity contribution in [1.82, 2.24) is 4.90 Å². The molecule has 0 heterocycles. The summed E-state index contributed by atoms with van der Waals surface area (Å²) < 4.78 is 4.71. The number of carbonyl (C=O) groups is 3. The molecule has 3 aromatic carbocycles. The first-order chi connectivity index (χ1) is 15.8. The van der Waals surface area contributed by atoms with E-state index in [4.69, 9.17) is 16.3 Å². The number of esters is 1. The van der Waals surface area contributed by atoms with Gasteiger partial charge in [0.25, 0.3) is 5.91 Å². The van der Waals surface area contributed by atoms with Crippen molar-refractivity contribution in [3.05, 3.63) is 106 Å². The lowest BCUT2D eigenvalue weighted by molar-refractivity contribution is 0.0598. The second-order valence-electron chi connectivity index (χ2n) is 7.61. The average Bonchev–Trinajstić information content (AvgIpc) is 2.83. The third-order valence-corrected chi connectivity index (χ3v) is 5.25. The van der Waals surface area contributed by atoms with Crippen molar-refractivity contribution in [1.29, 1.82) is 0 Å². The summed E-state index contributed by atoms with van der Waals surface area (Å²) in [6.07, 6.45) is -0.788. The van der Waals surface area contributed by atoms with Crippen LogP contribution in [0.2, 0.25) is 5.02 Å². The van der Waals surface area contributed by atoms with E-state index >= 15 is 0 Å². The Kier molecular flexibility index (Phi) is 7.98. The van der Waals surface area contributed by atoms with E-state index in [-0.39, 0.29) is 30.0 Å². The lowest BCUT2D eigenvalue weighted by Crippen LogP contribution is -2.37. The highest BCUT2D eigenvalue weighted by Crippen LogP contribution is 2.22. The highest BCUT2D eigenvalue weighted by atomic mass is 35.5. The molecule has 0 fully saturated rings. The first-order valence-electron chi connectivity index (χ1n) is 10.3. The van der Waals surface area contributed by atoms with Crippen LogP contribution in [0.3, 0.4) is 0 Å². The monoisotopic (exact) mass is 465 g/mol. The molecule has 0 aliphatic heterocycles. The van der Waals surface area contributed by atoms with Crippen LogP contribution in [-0.2, 0) is 11.3 Å². The number of aliphatic hydroxyl groups excluding tert-OH is 1. The molecule has 33 heavy (non-hydrogen) atoms. The normalized spacial score (nSPS) is 11.5. The lowest BCUT2D eigenvalue weighted by atomic mass is 9.97. The van der Waals surface area contributed by atoms with E-state index < -0.39 is 18.0 Å². The standard InChI is InChI=1S/C26H24ClNO5/c1-17(29)15-28(16-18-8-10-20(11-9-18)26(32)33-2)25(31)22-13-12-21(27)14-23(22)24(30)19-6-4-3-5-7-19/h3-14,17,29H,15-16H2,1-2H3. The maximum atomic E-state index is 13.5. The van der Waals surface area contributed by atoms with Gasteiger partial charge in [0, 0.05) is 29.2 Å². The maximum Gasteiger partial charge on any atom is 0.337 e. The van der Waals surface area contributed by atoms with Crippen LogP contribution in [0.15, 0.2) is 72.8 Å². The molecule has 3 aromatic rings. The lowest BCUT2D eigenvalue weighted by Gasteiger charge is -2.25. The molecule has 170 valence electrons. The van der Waals surface area contributed by atoms with E-state index in [1.807, 2.05) is 0 Å². The number of amides is 1. The van der Waals surface area contributed by atoms with Crippen molar-refractivity contribution in [3.63, 3.8) is 0 Å². The van der Waals surface area contributed by atoms with E-state index in [9.17, 15) is 19.5 Å². The molecule has 1 N–H and O–H groups in total. The predicted octanol–water partition coefficient (Wildman–Crippen LogP) is 4.38. The zero-order valence-electron chi connectivity index (χ0n) is 18.3. The highest BCUT2D eigenvalue weighted by molar-refractivity contribution is 6.31. The summed E-state index contributed by atoms with van der Waals surface area (Å²) in [7, 11) is 1.31. The molecule has 3 rings (SSSR count). The number of ketones is 1. The van der Waals surface area contributed by atoms with Gasteiger partial charge >= 0.3 is 5.97 Å². The van der Waals surface area contributed by atoms with E-state index in [1.54, 1.807) is 67.6 Å². The van der Waals surface area contributed by atoms with Crippen molar-refractivity contribution in [2.24, 2.45) is 0 Å². The molecular weight excluding hydrogens is 442 g/mol. The summed E-state index contributed by atoms with van der Waals surface area (Å²) in [5.74, 6) is -1.19. The summed E-state index contributed by atoms with van der Waals surface area (Å²) >= 11 is 6.14. The van der Waals surface area contributed by atoms with Gasteiger partial charge in [-0.3, -0.25) is 9.59 Å². The molecule has 6 nitrogen and oxygen atoms in total. The molecule has 0 bridgehead atoms. The van der Waals surface area contributed by atoms with Crippen molar-refractivity contribution in [2.45, 2.75) is 19.6 Å². The van der Waals surface area contributed by atoms with Crippen LogP contribution in [0.5, 0.6) is 0 Å². The fourth-order valence-electron chi connectivity index (χ4n) is 3.43. The summed E-state index contributed by atoms with van der Waals surface area (Å²) in [4.78, 5) is 39.8. The Morgan fingerprint density at radius 3 is 2.21 bits per heavy atom. The zero-order valence-corrected chi connectivity index (χ0v) is 19.1. The number of nitrogens with zero attached hydrogens (tertiary/aromatic N) is 1. The van der Waals surface area contributed by atoms with E-state index in [0.717, 1.165) is 5.56 Å². The molecule has 1 amide bonds. The van der Waals surface area contributed by atoms with Gasteiger partial charge in [0.15, 0.2) is 5.78 Å². The molecule has 1 atom stereocenters. The number of rotatable bonds is 8. The summed E-state index contributed by atoms with van der Waals surface area (Å²) in [5, 5.41) is 10.3. The third-order valence-electron chi connectivity index (χ3n) is 5.01. The van der Waals surface area contributed by atoms with Crippen LogP contribution in [0, 0.1) is 0 Å². The van der Waals surface area contributed by atoms with Gasteiger partial charge in [0.2, 0.25) is 0 Å². The molecule has 0 spiro atoms. The van der Waals surface area contributed by atoms with Crippen LogP contribution < -0.4 is 0 Å². The van der Waals surface area contributed by atoms with Gasteiger partial charge < -0.3 is 14.7 Å². The van der Waals surface area contributed by atoms with Crippen LogP contribution in [0.1, 0.15) is 49.1 Å². The Labute approximate surface area is 197 Å². The Hall–Kier alpha value is -3.48. The largest absolute Gasteiger partial charge is 0.465 e. The van der Waals surface area contributed by atoms with Gasteiger partial charge in [0.1, 0.15) is 0 Å². The first-order valence-corrected chi connectivity index (χ1v) is 10.7. The predicted molar refractivity (Wildman–Crippen MR) is 126 cm³/mol. The molecular formula is C26H24ClNO5. The fraction of sp³-hybridized carbons (Fsp3) is 0.192. The Bertz CT molecular complexity index is 1140. The summed E-state index contributed by atoms with van der Waals surface area (Å²) in [5.41, 5.74) is 1.97. The maximum absolute atomic E-state index is 13.5. The summed E-state index contributed by atoms with van der Waals surface area (Å²) in [6, 6.07) is 19.9. The van der Waals surface area contributed by atoms with Crippen LogP contribution in [0.4, 0.5) is 0 Å². The number of carbonyl (C=O) groups excluding carboxylic acids is 3. The minimum atomic E-state index is -0.788. The number of hydrogen-bond acceptors (Lipinski definition) is 5. The second-order valence-corrected chi connectivity index (χ2v) is 8.04. The van der Waals surface area contributed by atoms with Crippen LogP contribution in [0.25, 0.3) is 0 Å². The number of aliphatic hydroxyl groups is 1. The molecule has 0 aliphatic rings. The van der Waals surface area contributed by atoms with Gasteiger partial charge in [-0.05, 0) is 42.8 Å². The topological polar surface area (TPSA) is 83.9 Å². The minimum Gasteiger partial charge on any atom is -0.465 e. The smallest absolute Gasteiger partial charge is 0.337 e. The fourth-order valence-corrected chi connectivity index (χ4v) is 3.60. The molecule has 0 saturated carbocycles. The molecule has 0 radical (unpaired) electrons. The van der Waals surface area contributed by atoms with Crippen molar-refractivity contribution >= 4 is 29.3 Å². The molecule has 0 saturated heterocycles. The molecule has 0 aliphatic carbocycles. The molecule has 0 aromatic heterocycles. The molecule has 7 heteroatoms. The number of hydrogen-bond donors (Lipinski definition) is 1. The van der Waals surface area contributed by atoms with Crippen molar-refractivity contribution < 1.29 is 24.2 Å².